The number of halogens is 4. The third-order valence-corrected chi connectivity index (χ3v) is 6.20. The highest BCUT2D eigenvalue weighted by Crippen LogP contribution is 2.36. The van der Waals surface area contributed by atoms with E-state index in [0.29, 0.717) is 23.1 Å². The molecule has 13 heteroatoms. The van der Waals surface area contributed by atoms with E-state index in [1.54, 1.807) is 6.92 Å². The molecule has 2 heterocycles. The van der Waals surface area contributed by atoms with Crippen LogP contribution in [-0.4, -0.2) is 28.8 Å². The molecule has 3 aromatic rings. The van der Waals surface area contributed by atoms with Crippen LogP contribution < -0.4 is 5.14 Å². The van der Waals surface area contributed by atoms with Gasteiger partial charge in [0.25, 0.3) is 10.0 Å². The number of aromatic nitrogens is 3. The van der Waals surface area contributed by atoms with Gasteiger partial charge in [-0.3, -0.25) is 0 Å². The Bertz CT molecular complexity index is 1030. The van der Waals surface area contributed by atoms with Gasteiger partial charge in [0.05, 0.1) is 22.3 Å². The van der Waals surface area contributed by atoms with Crippen molar-refractivity contribution in [2.75, 3.05) is 5.75 Å². The Morgan fingerprint density at radius 1 is 1.20 bits per heavy atom. The van der Waals surface area contributed by atoms with Crippen molar-refractivity contribution in [3.8, 4) is 11.3 Å². The zero-order chi connectivity index (χ0) is 18.5. The molecule has 6 nitrogen and oxygen atoms in total. The van der Waals surface area contributed by atoms with E-state index in [1.807, 2.05) is 0 Å². The Kier molecular flexibility index (Phi) is 4.51. The highest BCUT2D eigenvalue weighted by Gasteiger charge is 2.28. The van der Waals surface area contributed by atoms with Gasteiger partial charge in [-0.25, -0.2) is 40.6 Å². The second-order valence-corrected chi connectivity index (χ2v) is 8.62. The molecule has 1 aromatic carbocycles. The number of fused-ring (bicyclic) bond motifs is 1. The Morgan fingerprint density at radius 2 is 1.80 bits per heavy atom. The minimum absolute atomic E-state index is 0.0642. The molecule has 0 atom stereocenters. The van der Waals surface area contributed by atoms with Crippen molar-refractivity contribution in [3.05, 3.63) is 29.5 Å². The molecule has 0 unspecified atom stereocenters. The van der Waals surface area contributed by atoms with E-state index < -0.39 is 53.8 Å². The number of imidazole rings is 1. The average molecular weight is 412 g/mol. The quantitative estimate of drug-likeness (QED) is 0.404. The molecule has 2 N–H and O–H groups in total. The Morgan fingerprint density at radius 3 is 2.28 bits per heavy atom. The maximum Gasteiger partial charge on any atom is 0.267 e. The lowest BCUT2D eigenvalue weighted by Gasteiger charge is -2.09. The van der Waals surface area contributed by atoms with Crippen molar-refractivity contribution in [2.24, 2.45) is 5.14 Å². The van der Waals surface area contributed by atoms with Gasteiger partial charge in [-0.1, -0.05) is 18.3 Å². The molecule has 0 saturated heterocycles. The summed E-state index contributed by atoms with van der Waals surface area (Å²) in [6, 6.07) is 0. The van der Waals surface area contributed by atoms with Crippen molar-refractivity contribution < 1.29 is 26.0 Å². The van der Waals surface area contributed by atoms with Crippen molar-refractivity contribution in [1.82, 2.24) is 14.6 Å². The molecular formula is C12H8F4N4O2S3. The highest BCUT2D eigenvalue weighted by atomic mass is 32.2. The summed E-state index contributed by atoms with van der Waals surface area (Å²) in [5, 5.41) is 8.52. The lowest BCUT2D eigenvalue weighted by atomic mass is 10.1. The molecule has 3 rings (SSSR count). The molecule has 0 saturated carbocycles. The van der Waals surface area contributed by atoms with Crippen LogP contribution in [0.2, 0.25) is 0 Å². The number of rotatable bonds is 4. The normalized spacial score (nSPS) is 12.2. The van der Waals surface area contributed by atoms with Crippen LogP contribution in [0.4, 0.5) is 17.6 Å². The van der Waals surface area contributed by atoms with Crippen LogP contribution in [0.25, 0.3) is 16.2 Å². The Balaban J connectivity index is 2.20. The molecule has 0 spiro atoms. The smallest absolute Gasteiger partial charge is 0.223 e. The summed E-state index contributed by atoms with van der Waals surface area (Å²) in [6.45, 7) is 1.57. The van der Waals surface area contributed by atoms with E-state index in [4.69, 9.17) is 5.14 Å². The molecule has 0 aliphatic rings. The summed E-state index contributed by atoms with van der Waals surface area (Å²) in [4.78, 5) is 2.96. The summed E-state index contributed by atoms with van der Waals surface area (Å²) in [5.74, 6) is -6.00. The van der Waals surface area contributed by atoms with Gasteiger partial charge < -0.3 is 0 Å². The monoisotopic (exact) mass is 412 g/mol. The van der Waals surface area contributed by atoms with E-state index in [2.05, 4.69) is 10.1 Å². The third kappa shape index (κ3) is 3.01. The zero-order valence-corrected chi connectivity index (χ0v) is 14.7. The van der Waals surface area contributed by atoms with Crippen LogP contribution in [0.15, 0.2) is 15.4 Å². The van der Waals surface area contributed by atoms with E-state index in [-0.39, 0.29) is 10.7 Å². The Labute approximate surface area is 146 Å². The fourth-order valence-electron chi connectivity index (χ4n) is 2.02. The first-order valence-corrected chi connectivity index (χ1v) is 9.88. The van der Waals surface area contributed by atoms with Gasteiger partial charge in [0, 0.05) is 0 Å². The lowest BCUT2D eigenvalue weighted by Crippen LogP contribution is -2.12. The summed E-state index contributed by atoms with van der Waals surface area (Å²) in [7, 11) is -4.08. The maximum atomic E-state index is 14.2. The topological polar surface area (TPSA) is 90.4 Å². The molecule has 134 valence electrons. The van der Waals surface area contributed by atoms with Crippen molar-refractivity contribution in [2.45, 2.75) is 16.2 Å². The fourth-order valence-corrected chi connectivity index (χ4v) is 4.25. The standard InChI is InChI=1S/C12H8F4N4O2S3/c1-2-23-10-8(15)6(13)5(7(14)9(10)16)4-3-20-11(18-4)24-12(19-20)25(17,21)22/h3H,2H2,1H3,(H2,17,21,22). The second-order valence-electron chi connectivity index (χ2n) is 4.66. The number of thioether (sulfide) groups is 1. The van der Waals surface area contributed by atoms with E-state index in [9.17, 15) is 26.0 Å². The summed E-state index contributed by atoms with van der Waals surface area (Å²) >= 11 is 1.17. The SMILES string of the molecule is CCSc1c(F)c(F)c(-c2cn3nc(S(N)(=O)=O)sc3n2)c(F)c1F. The van der Waals surface area contributed by atoms with Crippen LogP contribution >= 0.6 is 23.1 Å². The lowest BCUT2D eigenvalue weighted by molar-refractivity contribution is 0.430. The first kappa shape index (κ1) is 18.1. The highest BCUT2D eigenvalue weighted by molar-refractivity contribution is 7.99. The second kappa shape index (κ2) is 6.23. The van der Waals surface area contributed by atoms with Gasteiger partial charge in [0.1, 0.15) is 0 Å². The largest absolute Gasteiger partial charge is 0.267 e. The number of hydrogen-bond donors (Lipinski definition) is 1. The maximum absolute atomic E-state index is 14.2. The van der Waals surface area contributed by atoms with E-state index in [1.165, 1.54) is 0 Å². The van der Waals surface area contributed by atoms with Crippen LogP contribution in [0, 0.1) is 23.3 Å². The number of hydrogen-bond acceptors (Lipinski definition) is 6. The predicted octanol–water partition coefficient (Wildman–Crippen LogP) is 2.77. The molecule has 2 aromatic heterocycles. The number of nitrogens with zero attached hydrogens (tertiary/aromatic N) is 3. The van der Waals surface area contributed by atoms with Gasteiger partial charge in [0.15, 0.2) is 23.3 Å². The van der Waals surface area contributed by atoms with E-state index in [0.717, 1.165) is 10.7 Å². The average Bonchev–Trinajstić information content (AvgIpc) is 3.08. The first-order chi connectivity index (χ1) is 11.6. The first-order valence-electron chi connectivity index (χ1n) is 6.53. The van der Waals surface area contributed by atoms with Gasteiger partial charge >= 0.3 is 0 Å². The van der Waals surface area contributed by atoms with E-state index >= 15 is 0 Å². The van der Waals surface area contributed by atoms with Gasteiger partial charge in [0.2, 0.25) is 9.30 Å². The van der Waals surface area contributed by atoms with Gasteiger partial charge in [-0.15, -0.1) is 16.9 Å². The number of primary sulfonamides is 1. The molecule has 25 heavy (non-hydrogen) atoms. The third-order valence-electron chi connectivity index (χ3n) is 3.04. The Hall–Kier alpha value is -1.70. The van der Waals surface area contributed by atoms with Crippen LogP contribution in [-0.2, 0) is 10.0 Å². The fraction of sp³-hybridized carbons (Fsp3) is 0.167. The van der Waals surface area contributed by atoms with Gasteiger partial charge in [-0.2, -0.15) is 0 Å². The predicted molar refractivity (Wildman–Crippen MR) is 83.9 cm³/mol. The van der Waals surface area contributed by atoms with Crippen LogP contribution in [0.3, 0.4) is 0 Å². The molecular weight excluding hydrogens is 404 g/mol. The molecule has 0 aliphatic heterocycles. The number of sulfonamides is 1. The molecule has 0 bridgehead atoms. The van der Waals surface area contributed by atoms with Crippen molar-refractivity contribution >= 4 is 38.1 Å². The molecule has 0 fully saturated rings. The van der Waals surface area contributed by atoms with Crippen molar-refractivity contribution in [1.29, 1.82) is 0 Å². The molecule has 0 aliphatic carbocycles. The van der Waals surface area contributed by atoms with Crippen LogP contribution in [0.1, 0.15) is 6.92 Å². The van der Waals surface area contributed by atoms with Crippen LogP contribution in [0.5, 0.6) is 0 Å². The molecule has 0 radical (unpaired) electrons. The number of nitrogens with two attached hydrogens (primary N) is 1. The summed E-state index contributed by atoms with van der Waals surface area (Å²) < 4.78 is 79.4. The number of benzene rings is 1. The minimum atomic E-state index is -4.08. The van der Waals surface area contributed by atoms with Crippen molar-refractivity contribution in [3.63, 3.8) is 0 Å². The summed E-state index contributed by atoms with van der Waals surface area (Å²) in [6.07, 6.45) is 0.952. The summed E-state index contributed by atoms with van der Waals surface area (Å²) in [5.41, 5.74) is -1.43. The zero-order valence-electron chi connectivity index (χ0n) is 12.3. The van der Waals surface area contributed by atoms with Gasteiger partial charge in [-0.05, 0) is 5.75 Å². The molecule has 0 amide bonds. The minimum Gasteiger partial charge on any atom is -0.223 e.